The molecule has 0 saturated carbocycles. The van der Waals surface area contributed by atoms with E-state index in [2.05, 4.69) is 22.4 Å². The summed E-state index contributed by atoms with van der Waals surface area (Å²) in [4.78, 5) is 20.2. The van der Waals surface area contributed by atoms with Gasteiger partial charge in [-0.25, -0.2) is 0 Å². The molecule has 0 spiro atoms. The summed E-state index contributed by atoms with van der Waals surface area (Å²) in [7, 11) is 0. The van der Waals surface area contributed by atoms with Crippen molar-refractivity contribution in [1.29, 1.82) is 0 Å². The van der Waals surface area contributed by atoms with Crippen LogP contribution in [0, 0.1) is 0 Å². The molecule has 0 atom stereocenters. The van der Waals surface area contributed by atoms with Crippen molar-refractivity contribution in [3.63, 3.8) is 0 Å². The third-order valence-electron chi connectivity index (χ3n) is 0.596. The number of hydrogen-bond donors (Lipinski definition) is 3. The van der Waals surface area contributed by atoms with Gasteiger partial charge in [0.2, 0.25) is 5.71 Å². The average molecular weight is 130 g/mol. The second kappa shape index (κ2) is 2.65. The summed E-state index contributed by atoms with van der Waals surface area (Å²) in [6.45, 7) is 0. The Balaban J connectivity index is 4.38. The standard InChI is InChI=1S/C3H6N4O2/c4-2(8)1(7-6)3(5)9/h6H2,(H2,4,8)(H2,5,9). The van der Waals surface area contributed by atoms with Crippen molar-refractivity contribution >= 4 is 17.5 Å². The van der Waals surface area contributed by atoms with Gasteiger partial charge in [-0.15, -0.1) is 0 Å². The Morgan fingerprint density at radius 1 is 1.11 bits per heavy atom. The molecule has 0 unspecified atom stereocenters. The Morgan fingerprint density at radius 3 is 1.44 bits per heavy atom. The van der Waals surface area contributed by atoms with Gasteiger partial charge in [-0.2, -0.15) is 5.10 Å². The normalized spacial score (nSPS) is 8.00. The van der Waals surface area contributed by atoms with Crippen molar-refractivity contribution in [2.45, 2.75) is 0 Å². The summed E-state index contributed by atoms with van der Waals surface area (Å²) in [6.07, 6.45) is 0. The number of hydrazone groups is 1. The minimum Gasteiger partial charge on any atom is -0.364 e. The Kier molecular flexibility index (Phi) is 2.18. The van der Waals surface area contributed by atoms with Crippen LogP contribution in [0.25, 0.3) is 0 Å². The van der Waals surface area contributed by atoms with Crippen LogP contribution in [0.15, 0.2) is 5.10 Å². The average Bonchev–Trinajstić information content (AvgIpc) is 1.64. The molecule has 0 aliphatic carbocycles. The molecule has 6 nitrogen and oxygen atoms in total. The molecule has 0 aromatic heterocycles. The lowest BCUT2D eigenvalue weighted by molar-refractivity contribution is -0.115. The first-order chi connectivity index (χ1) is 4.09. The van der Waals surface area contributed by atoms with E-state index in [1.165, 1.54) is 0 Å². The number of amides is 2. The maximum Gasteiger partial charge on any atom is 0.274 e. The molecule has 0 saturated heterocycles. The van der Waals surface area contributed by atoms with E-state index in [1.807, 2.05) is 0 Å². The molecule has 9 heavy (non-hydrogen) atoms. The van der Waals surface area contributed by atoms with E-state index in [1.54, 1.807) is 0 Å². The summed E-state index contributed by atoms with van der Waals surface area (Å²) in [6, 6.07) is 0. The van der Waals surface area contributed by atoms with Crippen LogP contribution in [0.3, 0.4) is 0 Å². The lowest BCUT2D eigenvalue weighted by Crippen LogP contribution is -2.36. The van der Waals surface area contributed by atoms with E-state index in [0.717, 1.165) is 0 Å². The predicted molar refractivity (Wildman–Crippen MR) is 30.0 cm³/mol. The molecule has 0 radical (unpaired) electrons. The molecule has 0 aromatic rings. The maximum atomic E-state index is 10.1. The van der Waals surface area contributed by atoms with Crippen LogP contribution in [0.1, 0.15) is 0 Å². The topological polar surface area (TPSA) is 125 Å². The van der Waals surface area contributed by atoms with Crippen molar-refractivity contribution in [3.05, 3.63) is 0 Å². The Morgan fingerprint density at radius 2 is 1.44 bits per heavy atom. The molecule has 50 valence electrons. The SMILES string of the molecule is NN=C(C(N)=O)C(N)=O. The highest BCUT2D eigenvalue weighted by Gasteiger charge is 2.12. The number of nitrogens with two attached hydrogens (primary N) is 3. The fraction of sp³-hybridized carbons (Fsp3) is 0. The number of rotatable bonds is 2. The predicted octanol–water partition coefficient (Wildman–Crippen LogP) is -2.73. The van der Waals surface area contributed by atoms with E-state index >= 15 is 0 Å². The van der Waals surface area contributed by atoms with E-state index in [-0.39, 0.29) is 0 Å². The summed E-state index contributed by atoms with van der Waals surface area (Å²) in [5, 5.41) is 2.75. The van der Waals surface area contributed by atoms with Crippen molar-refractivity contribution in [3.8, 4) is 0 Å². The number of carbonyl (C=O) groups is 2. The van der Waals surface area contributed by atoms with Gasteiger partial charge in [-0.3, -0.25) is 9.59 Å². The van der Waals surface area contributed by atoms with Crippen molar-refractivity contribution < 1.29 is 9.59 Å². The van der Waals surface area contributed by atoms with E-state index in [0.29, 0.717) is 0 Å². The number of nitrogens with zero attached hydrogens (tertiary/aromatic N) is 1. The van der Waals surface area contributed by atoms with Crippen molar-refractivity contribution in [1.82, 2.24) is 0 Å². The highest BCUT2D eigenvalue weighted by atomic mass is 16.2. The van der Waals surface area contributed by atoms with Crippen LogP contribution in [0.2, 0.25) is 0 Å². The quantitative estimate of drug-likeness (QED) is 0.162. The second-order valence-electron chi connectivity index (χ2n) is 1.21. The van der Waals surface area contributed by atoms with Crippen LogP contribution >= 0.6 is 0 Å². The molecule has 6 heteroatoms. The minimum absolute atomic E-state index is 0.630. The number of hydrogen-bond acceptors (Lipinski definition) is 4. The summed E-state index contributed by atoms with van der Waals surface area (Å²) in [5.74, 6) is 2.51. The van der Waals surface area contributed by atoms with E-state index in [9.17, 15) is 9.59 Å². The highest BCUT2D eigenvalue weighted by Crippen LogP contribution is 1.69. The van der Waals surface area contributed by atoms with Gasteiger partial charge in [0.15, 0.2) is 0 Å². The fourth-order valence-electron chi connectivity index (χ4n) is 0.249. The number of carbonyl (C=O) groups excluding carboxylic acids is 2. The Bertz CT molecular complexity index is 157. The van der Waals surface area contributed by atoms with Crippen LogP contribution < -0.4 is 17.3 Å². The van der Waals surface area contributed by atoms with Gasteiger partial charge in [0.05, 0.1) is 0 Å². The van der Waals surface area contributed by atoms with Crippen LogP contribution in [-0.2, 0) is 9.59 Å². The summed E-state index contributed by atoms with van der Waals surface area (Å²) in [5.41, 5.74) is 8.57. The zero-order valence-electron chi connectivity index (χ0n) is 4.50. The molecule has 6 N–H and O–H groups in total. The molecular weight excluding hydrogens is 124 g/mol. The lowest BCUT2D eigenvalue weighted by atomic mass is 10.3. The molecule has 0 bridgehead atoms. The monoisotopic (exact) mass is 130 g/mol. The molecule has 0 heterocycles. The fourth-order valence-corrected chi connectivity index (χ4v) is 0.249. The molecule has 0 rings (SSSR count). The van der Waals surface area contributed by atoms with E-state index < -0.39 is 17.5 Å². The zero-order chi connectivity index (χ0) is 7.44. The third-order valence-corrected chi connectivity index (χ3v) is 0.596. The van der Waals surface area contributed by atoms with Crippen LogP contribution in [0.5, 0.6) is 0 Å². The van der Waals surface area contributed by atoms with Gasteiger partial charge in [0, 0.05) is 0 Å². The third kappa shape index (κ3) is 1.76. The molecule has 0 aromatic carbocycles. The van der Waals surface area contributed by atoms with Crippen molar-refractivity contribution in [2.24, 2.45) is 22.4 Å². The highest BCUT2D eigenvalue weighted by molar-refractivity contribution is 6.64. The second-order valence-corrected chi connectivity index (χ2v) is 1.21. The molecular formula is C3H6N4O2. The van der Waals surface area contributed by atoms with Gasteiger partial charge in [-0.1, -0.05) is 0 Å². The largest absolute Gasteiger partial charge is 0.364 e. The van der Waals surface area contributed by atoms with Gasteiger partial charge in [0.25, 0.3) is 11.8 Å². The first kappa shape index (κ1) is 7.41. The molecule has 0 fully saturated rings. The van der Waals surface area contributed by atoms with Gasteiger partial charge < -0.3 is 17.3 Å². The van der Waals surface area contributed by atoms with Gasteiger partial charge >= 0.3 is 0 Å². The maximum absolute atomic E-state index is 10.1. The van der Waals surface area contributed by atoms with Gasteiger partial charge in [0.1, 0.15) is 0 Å². The van der Waals surface area contributed by atoms with Crippen LogP contribution in [-0.4, -0.2) is 17.5 Å². The lowest BCUT2D eigenvalue weighted by Gasteiger charge is -1.90. The number of primary amides is 2. The summed E-state index contributed by atoms with van der Waals surface area (Å²) >= 11 is 0. The summed E-state index contributed by atoms with van der Waals surface area (Å²) < 4.78 is 0. The van der Waals surface area contributed by atoms with Gasteiger partial charge in [-0.05, 0) is 0 Å². The van der Waals surface area contributed by atoms with Crippen molar-refractivity contribution in [2.75, 3.05) is 0 Å². The Labute approximate surface area is 50.7 Å². The smallest absolute Gasteiger partial charge is 0.274 e. The molecule has 2 amide bonds. The first-order valence-electron chi connectivity index (χ1n) is 1.97. The molecule has 0 aliphatic heterocycles. The first-order valence-corrected chi connectivity index (χ1v) is 1.97. The van der Waals surface area contributed by atoms with E-state index in [4.69, 9.17) is 0 Å². The Hall–Kier alpha value is -1.59. The van der Waals surface area contributed by atoms with Crippen LogP contribution in [0.4, 0.5) is 0 Å². The minimum atomic E-state index is -1.02. The zero-order valence-corrected chi connectivity index (χ0v) is 4.50. The molecule has 0 aliphatic rings.